The lowest BCUT2D eigenvalue weighted by Gasteiger charge is -2.27. The molecule has 1 atom stereocenters. The first-order valence-electron chi connectivity index (χ1n) is 8.22. The van der Waals surface area contributed by atoms with Gasteiger partial charge in [0.25, 0.3) is 5.92 Å². The zero-order chi connectivity index (χ0) is 19.1. The number of halogens is 3. The van der Waals surface area contributed by atoms with E-state index in [2.05, 4.69) is 25.9 Å². The number of carbonyl (C=O) groups is 1. The van der Waals surface area contributed by atoms with E-state index < -0.39 is 36.6 Å². The van der Waals surface area contributed by atoms with E-state index in [1.807, 2.05) is 24.3 Å². The van der Waals surface area contributed by atoms with Gasteiger partial charge in [-0.3, -0.25) is 4.90 Å². The maximum Gasteiger partial charge on any atom is 0.411 e. The molecule has 1 aromatic carbocycles. The second-order valence-corrected chi connectivity index (χ2v) is 8.29. The number of aromatic amines is 1. The average Bonchev–Trinajstić information content (AvgIpc) is 3.10. The number of hydrogen-bond donors (Lipinski definition) is 1. The number of rotatable bonds is 2. The molecule has 1 aliphatic heterocycles. The van der Waals surface area contributed by atoms with Crippen LogP contribution in [0.4, 0.5) is 13.6 Å². The summed E-state index contributed by atoms with van der Waals surface area (Å²) in [5.74, 6) is -2.66. The Bertz CT molecular complexity index is 800. The first kappa shape index (κ1) is 18.8. The van der Waals surface area contributed by atoms with Crippen LogP contribution in [0.25, 0.3) is 11.3 Å². The lowest BCUT2D eigenvalue weighted by molar-refractivity contribution is -0.00248. The van der Waals surface area contributed by atoms with Crippen molar-refractivity contribution in [3.05, 3.63) is 40.8 Å². The Hall–Kier alpha value is -1.96. The third-order valence-corrected chi connectivity index (χ3v) is 4.49. The van der Waals surface area contributed by atoms with Crippen molar-refractivity contribution in [3.63, 3.8) is 0 Å². The molecule has 1 unspecified atom stereocenters. The Morgan fingerprint density at radius 2 is 2.00 bits per heavy atom. The van der Waals surface area contributed by atoms with Gasteiger partial charge in [0.1, 0.15) is 11.4 Å². The number of alkyl halides is 2. The molecule has 5 nitrogen and oxygen atoms in total. The summed E-state index contributed by atoms with van der Waals surface area (Å²) in [6, 6.07) is 6.68. The van der Waals surface area contributed by atoms with Gasteiger partial charge in [0.2, 0.25) is 0 Å². The molecule has 2 heterocycles. The highest BCUT2D eigenvalue weighted by molar-refractivity contribution is 9.10. The maximum absolute atomic E-state index is 14.0. The van der Waals surface area contributed by atoms with Crippen LogP contribution < -0.4 is 0 Å². The molecular weight excluding hydrogens is 408 g/mol. The van der Waals surface area contributed by atoms with Gasteiger partial charge in [-0.1, -0.05) is 28.1 Å². The lowest BCUT2D eigenvalue weighted by atomic mass is 10.1. The van der Waals surface area contributed by atoms with Gasteiger partial charge in [0.15, 0.2) is 0 Å². The third-order valence-electron chi connectivity index (χ3n) is 3.96. The predicted octanol–water partition coefficient (Wildman–Crippen LogP) is 5.16. The molecule has 26 heavy (non-hydrogen) atoms. The van der Waals surface area contributed by atoms with Crippen molar-refractivity contribution in [1.82, 2.24) is 14.9 Å². The molecule has 1 amide bonds. The molecule has 0 aliphatic carbocycles. The summed E-state index contributed by atoms with van der Waals surface area (Å²) in [4.78, 5) is 20.7. The number of nitrogens with one attached hydrogen (secondary N) is 1. The average molecular weight is 428 g/mol. The van der Waals surface area contributed by atoms with Gasteiger partial charge < -0.3 is 9.72 Å². The molecule has 1 N–H and O–H groups in total. The molecule has 1 aromatic heterocycles. The molecule has 0 saturated carbocycles. The Morgan fingerprint density at radius 1 is 1.35 bits per heavy atom. The standard InChI is InChI=1S/C18H20BrF2N3O2/c1-17(2,3)26-16(25)24-10-18(20,21)8-14(24)15-22-9-13(23-15)11-4-6-12(19)7-5-11/h4-7,9,14H,8,10H2,1-3H3,(H,22,23). The number of nitrogens with zero attached hydrogens (tertiary/aromatic N) is 2. The van der Waals surface area contributed by atoms with Gasteiger partial charge in [-0.25, -0.2) is 18.6 Å². The minimum atomic E-state index is -2.98. The minimum Gasteiger partial charge on any atom is -0.444 e. The van der Waals surface area contributed by atoms with Crippen molar-refractivity contribution in [2.24, 2.45) is 0 Å². The Kier molecular flexibility index (Phi) is 4.81. The first-order chi connectivity index (χ1) is 12.0. The third kappa shape index (κ3) is 4.23. The van der Waals surface area contributed by atoms with Crippen molar-refractivity contribution in [1.29, 1.82) is 0 Å². The van der Waals surface area contributed by atoms with Crippen LogP contribution in [-0.4, -0.2) is 39.0 Å². The largest absolute Gasteiger partial charge is 0.444 e. The normalized spacial score (nSPS) is 19.6. The second-order valence-electron chi connectivity index (χ2n) is 7.37. The SMILES string of the molecule is CC(C)(C)OC(=O)N1CC(F)(F)CC1c1ncc(-c2ccc(Br)cc2)[nH]1. The highest BCUT2D eigenvalue weighted by Gasteiger charge is 2.49. The number of carbonyl (C=O) groups excluding carboxylic acids is 1. The quantitative estimate of drug-likeness (QED) is 0.719. The van der Waals surface area contributed by atoms with Crippen molar-refractivity contribution in [3.8, 4) is 11.3 Å². The molecule has 1 fully saturated rings. The summed E-state index contributed by atoms with van der Waals surface area (Å²) in [7, 11) is 0. The number of H-pyrrole nitrogens is 1. The second kappa shape index (κ2) is 6.64. The summed E-state index contributed by atoms with van der Waals surface area (Å²) < 4.78 is 34.2. The summed E-state index contributed by atoms with van der Waals surface area (Å²) in [6.07, 6.45) is 0.336. The molecule has 1 aliphatic rings. The number of imidazole rings is 1. The van der Waals surface area contributed by atoms with Crippen molar-refractivity contribution in [2.45, 2.75) is 44.8 Å². The lowest BCUT2D eigenvalue weighted by Crippen LogP contribution is -2.38. The van der Waals surface area contributed by atoms with Crippen LogP contribution in [0.5, 0.6) is 0 Å². The van der Waals surface area contributed by atoms with Crippen LogP contribution in [0.1, 0.15) is 39.1 Å². The molecule has 0 bridgehead atoms. The van der Waals surface area contributed by atoms with Gasteiger partial charge >= 0.3 is 6.09 Å². The van der Waals surface area contributed by atoms with Gasteiger partial charge in [-0.2, -0.15) is 0 Å². The van der Waals surface area contributed by atoms with Gasteiger partial charge in [0.05, 0.1) is 24.5 Å². The van der Waals surface area contributed by atoms with Crippen LogP contribution in [0.3, 0.4) is 0 Å². The number of likely N-dealkylation sites (tertiary alicyclic amines) is 1. The fourth-order valence-electron chi connectivity index (χ4n) is 2.86. The van der Waals surface area contributed by atoms with E-state index >= 15 is 0 Å². The van der Waals surface area contributed by atoms with Crippen LogP contribution in [0.2, 0.25) is 0 Å². The van der Waals surface area contributed by atoms with E-state index in [-0.39, 0.29) is 0 Å². The monoisotopic (exact) mass is 427 g/mol. The van der Waals surface area contributed by atoms with E-state index in [1.165, 1.54) is 0 Å². The van der Waals surface area contributed by atoms with Crippen LogP contribution in [0, 0.1) is 0 Å². The number of benzene rings is 1. The predicted molar refractivity (Wildman–Crippen MR) is 97.0 cm³/mol. The number of amides is 1. The fourth-order valence-corrected chi connectivity index (χ4v) is 3.12. The Morgan fingerprint density at radius 3 is 2.62 bits per heavy atom. The number of hydrogen-bond acceptors (Lipinski definition) is 3. The summed E-state index contributed by atoms with van der Waals surface area (Å²) >= 11 is 3.37. The molecule has 140 valence electrons. The highest BCUT2D eigenvalue weighted by atomic mass is 79.9. The molecule has 2 aromatic rings. The van der Waals surface area contributed by atoms with Gasteiger partial charge in [-0.15, -0.1) is 0 Å². The minimum absolute atomic E-state index is 0.325. The van der Waals surface area contributed by atoms with Crippen LogP contribution in [-0.2, 0) is 4.74 Å². The van der Waals surface area contributed by atoms with E-state index in [0.29, 0.717) is 11.5 Å². The molecular formula is C18H20BrF2N3O2. The maximum atomic E-state index is 14.0. The van der Waals surface area contributed by atoms with Crippen LogP contribution >= 0.6 is 15.9 Å². The Labute approximate surface area is 158 Å². The van der Waals surface area contributed by atoms with Crippen molar-refractivity contribution in [2.75, 3.05) is 6.54 Å². The summed E-state index contributed by atoms with van der Waals surface area (Å²) in [5.41, 5.74) is 0.818. The molecule has 8 heteroatoms. The molecule has 3 rings (SSSR count). The van der Waals surface area contributed by atoms with Crippen LogP contribution in [0.15, 0.2) is 34.9 Å². The fraction of sp³-hybridized carbons (Fsp3) is 0.444. The summed E-state index contributed by atoms with van der Waals surface area (Å²) in [5, 5.41) is 0. The van der Waals surface area contributed by atoms with E-state index in [0.717, 1.165) is 14.9 Å². The van der Waals surface area contributed by atoms with Crippen molar-refractivity contribution < 1.29 is 18.3 Å². The van der Waals surface area contributed by atoms with Gasteiger partial charge in [-0.05, 0) is 38.5 Å². The molecule has 1 saturated heterocycles. The van der Waals surface area contributed by atoms with E-state index in [1.54, 1.807) is 27.0 Å². The zero-order valence-electron chi connectivity index (χ0n) is 14.7. The van der Waals surface area contributed by atoms with Gasteiger partial charge in [0, 0.05) is 10.9 Å². The Balaban J connectivity index is 1.86. The molecule has 0 radical (unpaired) electrons. The topological polar surface area (TPSA) is 58.2 Å². The number of ether oxygens (including phenoxy) is 1. The smallest absolute Gasteiger partial charge is 0.411 e. The van der Waals surface area contributed by atoms with E-state index in [4.69, 9.17) is 4.74 Å². The summed E-state index contributed by atoms with van der Waals surface area (Å²) in [6.45, 7) is 4.42. The molecule has 0 spiro atoms. The first-order valence-corrected chi connectivity index (χ1v) is 9.02. The highest BCUT2D eigenvalue weighted by Crippen LogP contribution is 2.41. The van der Waals surface area contributed by atoms with E-state index in [9.17, 15) is 13.6 Å². The zero-order valence-corrected chi connectivity index (χ0v) is 16.3. The number of aromatic nitrogens is 2. The van der Waals surface area contributed by atoms with Crippen molar-refractivity contribution >= 4 is 22.0 Å².